The van der Waals surface area contributed by atoms with Gasteiger partial charge in [0.15, 0.2) is 11.0 Å². The van der Waals surface area contributed by atoms with Crippen LogP contribution in [0, 0.1) is 0 Å². The molecule has 0 aliphatic carbocycles. The summed E-state index contributed by atoms with van der Waals surface area (Å²) in [6.07, 6.45) is 0. The number of nitrogens with one attached hydrogen (secondary N) is 1. The van der Waals surface area contributed by atoms with Crippen LogP contribution < -0.4 is 10.1 Å². The molecule has 3 aromatic carbocycles. The Morgan fingerprint density at radius 3 is 2.52 bits per heavy atom. The van der Waals surface area contributed by atoms with Crippen molar-refractivity contribution in [2.75, 3.05) is 17.7 Å². The normalized spacial score (nSPS) is 10.7. The molecule has 0 saturated carbocycles. The average molecular weight is 479 g/mol. The molecule has 0 aliphatic heterocycles. The van der Waals surface area contributed by atoms with Gasteiger partial charge in [-0.15, -0.1) is 10.2 Å². The zero-order valence-corrected chi connectivity index (χ0v) is 19.6. The molecule has 0 unspecified atom stereocenters. The number of thioether (sulfide) groups is 1. The van der Waals surface area contributed by atoms with Gasteiger partial charge in [-0.05, 0) is 36.8 Å². The molecule has 0 fully saturated rings. The molecular weight excluding hydrogens is 456 g/mol. The molecule has 1 heterocycles. The first-order valence-electron chi connectivity index (χ1n) is 10.5. The van der Waals surface area contributed by atoms with E-state index in [1.54, 1.807) is 0 Å². The maximum atomic E-state index is 12.7. The first kappa shape index (κ1) is 22.9. The Hall–Kier alpha value is -3.29. The van der Waals surface area contributed by atoms with Crippen molar-refractivity contribution in [3.8, 4) is 17.1 Å². The van der Waals surface area contributed by atoms with Crippen LogP contribution in [-0.2, 0) is 11.3 Å². The monoisotopic (exact) mass is 478 g/mol. The van der Waals surface area contributed by atoms with Gasteiger partial charge in [-0.1, -0.05) is 78.0 Å². The van der Waals surface area contributed by atoms with Gasteiger partial charge in [0.05, 0.1) is 29.6 Å². The van der Waals surface area contributed by atoms with Crippen LogP contribution in [-0.4, -0.2) is 33.0 Å². The fourth-order valence-electron chi connectivity index (χ4n) is 3.31. The molecule has 0 saturated heterocycles. The fraction of sp³-hybridized carbons (Fsp3) is 0.160. The third-order valence-electron chi connectivity index (χ3n) is 4.81. The number of halogens is 1. The van der Waals surface area contributed by atoms with E-state index in [0.717, 1.165) is 11.1 Å². The number of carbonyl (C=O) groups excluding carboxylic acids is 1. The molecule has 0 aliphatic rings. The molecule has 1 amide bonds. The second-order valence-corrected chi connectivity index (χ2v) is 8.47. The number of para-hydroxylation sites is 2. The summed E-state index contributed by atoms with van der Waals surface area (Å²) in [5.41, 5.74) is 2.54. The van der Waals surface area contributed by atoms with Gasteiger partial charge < -0.3 is 10.1 Å². The van der Waals surface area contributed by atoms with Crippen molar-refractivity contribution in [3.63, 3.8) is 0 Å². The maximum Gasteiger partial charge on any atom is 0.234 e. The van der Waals surface area contributed by atoms with Gasteiger partial charge in [0.1, 0.15) is 5.75 Å². The first-order valence-corrected chi connectivity index (χ1v) is 11.9. The number of hydrogen-bond acceptors (Lipinski definition) is 5. The van der Waals surface area contributed by atoms with Gasteiger partial charge in [-0.25, -0.2) is 0 Å². The average Bonchev–Trinajstić information content (AvgIpc) is 3.22. The van der Waals surface area contributed by atoms with Crippen LogP contribution in [0.5, 0.6) is 5.75 Å². The summed E-state index contributed by atoms with van der Waals surface area (Å²) in [7, 11) is 0. The minimum atomic E-state index is -0.152. The third-order valence-corrected chi connectivity index (χ3v) is 6.10. The van der Waals surface area contributed by atoms with Crippen LogP contribution in [0.2, 0.25) is 5.02 Å². The van der Waals surface area contributed by atoms with Crippen LogP contribution in [0.3, 0.4) is 0 Å². The highest BCUT2D eigenvalue weighted by atomic mass is 35.5. The number of benzene rings is 3. The summed E-state index contributed by atoms with van der Waals surface area (Å²) in [5, 5.41) is 12.9. The lowest BCUT2D eigenvalue weighted by atomic mass is 10.2. The van der Waals surface area contributed by atoms with E-state index in [1.807, 2.05) is 90.4 Å². The van der Waals surface area contributed by atoms with Crippen LogP contribution >= 0.6 is 23.4 Å². The van der Waals surface area contributed by atoms with Gasteiger partial charge in [-0.3, -0.25) is 9.36 Å². The number of anilines is 1. The van der Waals surface area contributed by atoms with Gasteiger partial charge >= 0.3 is 0 Å². The van der Waals surface area contributed by atoms with Crippen LogP contribution in [0.15, 0.2) is 84.0 Å². The first-order chi connectivity index (χ1) is 16.2. The van der Waals surface area contributed by atoms with E-state index in [4.69, 9.17) is 16.3 Å². The lowest BCUT2D eigenvalue weighted by molar-refractivity contribution is -0.113. The van der Waals surface area contributed by atoms with Crippen LogP contribution in [0.4, 0.5) is 5.69 Å². The molecule has 6 nitrogen and oxygen atoms in total. The molecule has 8 heteroatoms. The number of aromatic nitrogens is 3. The molecule has 0 radical (unpaired) electrons. The fourth-order valence-corrected chi connectivity index (χ4v) is 4.27. The molecule has 1 N–H and O–H groups in total. The zero-order chi connectivity index (χ0) is 23.0. The lowest BCUT2D eigenvalue weighted by Gasteiger charge is -2.12. The molecule has 4 rings (SSSR count). The Labute approximate surface area is 202 Å². The van der Waals surface area contributed by atoms with Crippen molar-refractivity contribution in [3.05, 3.63) is 89.4 Å². The van der Waals surface area contributed by atoms with E-state index in [1.165, 1.54) is 11.8 Å². The largest absolute Gasteiger partial charge is 0.492 e. The predicted molar refractivity (Wildman–Crippen MR) is 133 cm³/mol. The number of carbonyl (C=O) groups is 1. The minimum absolute atomic E-state index is 0.152. The van der Waals surface area contributed by atoms with Crippen LogP contribution in [0.1, 0.15) is 12.5 Å². The van der Waals surface area contributed by atoms with Crippen molar-refractivity contribution in [1.82, 2.24) is 14.8 Å². The van der Waals surface area contributed by atoms with Crippen molar-refractivity contribution in [2.45, 2.75) is 18.6 Å². The molecule has 0 bridgehead atoms. The molecule has 0 spiro atoms. The quantitative estimate of drug-likeness (QED) is 0.309. The topological polar surface area (TPSA) is 69.0 Å². The molecule has 1 aromatic heterocycles. The number of hydrogen-bond donors (Lipinski definition) is 1. The van der Waals surface area contributed by atoms with Crippen molar-refractivity contribution >= 4 is 35.0 Å². The second-order valence-electron chi connectivity index (χ2n) is 7.12. The van der Waals surface area contributed by atoms with E-state index >= 15 is 0 Å². The van der Waals surface area contributed by atoms with Gasteiger partial charge in [0, 0.05) is 5.56 Å². The predicted octanol–water partition coefficient (Wildman–Crippen LogP) is 5.78. The van der Waals surface area contributed by atoms with E-state index in [0.29, 0.717) is 40.6 Å². The van der Waals surface area contributed by atoms with Crippen molar-refractivity contribution in [2.24, 2.45) is 0 Å². The smallest absolute Gasteiger partial charge is 0.234 e. The molecule has 4 aromatic rings. The van der Waals surface area contributed by atoms with E-state index in [-0.39, 0.29) is 11.7 Å². The molecule has 168 valence electrons. The lowest BCUT2D eigenvalue weighted by Crippen LogP contribution is -2.15. The third kappa shape index (κ3) is 5.74. The Morgan fingerprint density at radius 1 is 1.00 bits per heavy atom. The SMILES string of the molecule is CCOc1ccccc1NC(=O)CSc1nnc(-c2ccccc2Cl)n1Cc1ccccc1. The Kier molecular flexibility index (Phi) is 7.65. The Balaban J connectivity index is 1.55. The second kappa shape index (κ2) is 11.0. The number of amides is 1. The Bertz CT molecular complexity index is 1230. The summed E-state index contributed by atoms with van der Waals surface area (Å²) in [6.45, 7) is 2.99. The van der Waals surface area contributed by atoms with Crippen molar-refractivity contribution < 1.29 is 9.53 Å². The van der Waals surface area contributed by atoms with E-state index in [2.05, 4.69) is 15.5 Å². The maximum absolute atomic E-state index is 12.7. The van der Waals surface area contributed by atoms with Gasteiger partial charge in [0.2, 0.25) is 5.91 Å². The number of nitrogens with zero attached hydrogens (tertiary/aromatic N) is 3. The highest BCUT2D eigenvalue weighted by Gasteiger charge is 2.18. The molecular formula is C25H23ClN4O2S. The summed E-state index contributed by atoms with van der Waals surface area (Å²) in [5.74, 6) is 1.33. The number of ether oxygens (including phenoxy) is 1. The molecule has 0 atom stereocenters. The standard InChI is InChI=1S/C25H23ClN4O2S/c1-2-32-22-15-9-8-14-21(22)27-23(31)17-33-25-29-28-24(19-12-6-7-13-20(19)26)30(25)16-18-10-4-3-5-11-18/h3-15H,2,16-17H2,1H3,(H,27,31). The highest BCUT2D eigenvalue weighted by Crippen LogP contribution is 2.30. The van der Waals surface area contributed by atoms with Gasteiger partial charge in [-0.2, -0.15) is 0 Å². The highest BCUT2D eigenvalue weighted by molar-refractivity contribution is 7.99. The Morgan fingerprint density at radius 2 is 1.73 bits per heavy atom. The summed E-state index contributed by atoms with van der Waals surface area (Å²) < 4.78 is 7.58. The van der Waals surface area contributed by atoms with Crippen LogP contribution in [0.25, 0.3) is 11.4 Å². The molecule has 33 heavy (non-hydrogen) atoms. The van der Waals surface area contributed by atoms with Gasteiger partial charge in [0.25, 0.3) is 0 Å². The number of rotatable bonds is 9. The summed E-state index contributed by atoms with van der Waals surface area (Å²) in [6, 6.07) is 25.0. The summed E-state index contributed by atoms with van der Waals surface area (Å²) in [4.78, 5) is 12.7. The van der Waals surface area contributed by atoms with E-state index in [9.17, 15) is 4.79 Å². The van der Waals surface area contributed by atoms with Crippen molar-refractivity contribution in [1.29, 1.82) is 0 Å². The summed E-state index contributed by atoms with van der Waals surface area (Å²) >= 11 is 7.77. The zero-order valence-electron chi connectivity index (χ0n) is 18.1. The van der Waals surface area contributed by atoms with E-state index < -0.39 is 0 Å². The minimum Gasteiger partial charge on any atom is -0.492 e.